The van der Waals surface area contributed by atoms with Gasteiger partial charge in [0.25, 0.3) is 0 Å². The lowest BCUT2D eigenvalue weighted by Crippen LogP contribution is -2.04. The first-order chi connectivity index (χ1) is 7.10. The molecule has 0 aliphatic heterocycles. The maximum atomic E-state index is 11.1. The summed E-state index contributed by atoms with van der Waals surface area (Å²) in [6.07, 6.45) is 0. The third-order valence-electron chi connectivity index (χ3n) is 1.64. The minimum Gasteiger partial charge on any atom is -0.465 e. The number of esters is 2. The lowest BCUT2D eigenvalue weighted by molar-refractivity contribution is 0.0586. The lowest BCUT2D eigenvalue weighted by atomic mass is 10.1. The van der Waals surface area contributed by atoms with E-state index >= 15 is 0 Å². The molecule has 0 fully saturated rings. The molecule has 0 aliphatic carbocycles. The molecule has 4 nitrogen and oxygen atoms in total. The molecule has 0 aromatic heterocycles. The molecule has 0 spiro atoms. The highest BCUT2D eigenvalue weighted by Crippen LogP contribution is 2.06. The van der Waals surface area contributed by atoms with Crippen LogP contribution in [-0.4, -0.2) is 26.2 Å². The van der Waals surface area contributed by atoms with Crippen LogP contribution in [0.3, 0.4) is 0 Å². The largest absolute Gasteiger partial charge is 0.465 e. The first kappa shape index (κ1) is 8.74. The minimum atomic E-state index is -0.601. The molecule has 0 atom stereocenters. The van der Waals surface area contributed by atoms with E-state index in [1.807, 2.05) is 0 Å². The van der Waals surface area contributed by atoms with Gasteiger partial charge in [0, 0.05) is 0 Å². The first-order valence-corrected chi connectivity index (χ1v) is 3.87. The molecular formula is C10H10O4. The van der Waals surface area contributed by atoms with Crippen LogP contribution < -0.4 is 0 Å². The summed E-state index contributed by atoms with van der Waals surface area (Å²) in [5.74, 6) is -1.14. The summed E-state index contributed by atoms with van der Waals surface area (Å²) >= 11 is 0. The summed E-state index contributed by atoms with van der Waals surface area (Å²) in [5, 5.41) is 0. The van der Waals surface area contributed by atoms with E-state index in [1.54, 1.807) is 0 Å². The smallest absolute Gasteiger partial charge is 0.337 e. The van der Waals surface area contributed by atoms with Crippen molar-refractivity contribution in [2.24, 2.45) is 0 Å². The summed E-state index contributed by atoms with van der Waals surface area (Å²) in [6.45, 7) is 0. The Hall–Kier alpha value is -1.84. The molecule has 0 amide bonds. The molecule has 0 unspecified atom stereocenters. The highest BCUT2D eigenvalue weighted by Gasteiger charge is 2.08. The number of hydrogen-bond acceptors (Lipinski definition) is 4. The van der Waals surface area contributed by atoms with Gasteiger partial charge in [0.2, 0.25) is 0 Å². The van der Waals surface area contributed by atoms with Crippen molar-refractivity contribution in [1.29, 1.82) is 0 Å². The predicted octanol–water partition coefficient (Wildman–Crippen LogP) is 1.26. The normalized spacial score (nSPS) is 10.3. The molecule has 0 saturated carbocycles. The maximum Gasteiger partial charge on any atom is 0.337 e. The molecule has 14 heavy (non-hydrogen) atoms. The van der Waals surface area contributed by atoms with Crippen LogP contribution in [-0.2, 0) is 9.47 Å². The van der Waals surface area contributed by atoms with E-state index in [-0.39, 0.29) is 17.2 Å². The molecule has 0 bridgehead atoms. The van der Waals surface area contributed by atoms with Crippen molar-refractivity contribution >= 4 is 11.9 Å². The summed E-state index contributed by atoms with van der Waals surface area (Å²) in [7, 11) is 2.48. The average molecular weight is 195 g/mol. The third kappa shape index (κ3) is 2.10. The number of carbonyl (C=O) groups is 2. The maximum absolute atomic E-state index is 11.1. The topological polar surface area (TPSA) is 52.6 Å². The van der Waals surface area contributed by atoms with Crippen LogP contribution in [0.4, 0.5) is 0 Å². The molecule has 1 aromatic rings. The average Bonchev–Trinajstić information content (AvgIpc) is 2.26. The fraction of sp³-hybridized carbons (Fsp3) is 0.200. The van der Waals surface area contributed by atoms with Gasteiger partial charge in [0.05, 0.1) is 26.7 Å². The molecule has 0 heterocycles. The van der Waals surface area contributed by atoms with E-state index in [0.29, 0.717) is 0 Å². The molecule has 0 aliphatic rings. The van der Waals surface area contributed by atoms with Gasteiger partial charge >= 0.3 is 11.9 Å². The Labute approximate surface area is 82.8 Å². The van der Waals surface area contributed by atoms with Crippen LogP contribution in [0.2, 0.25) is 0 Å². The fourth-order valence-corrected chi connectivity index (χ4v) is 0.907. The standard InChI is InChI=1S/C10H10O4/c1-13-9(11)7-3-5-8(6-4-7)10(12)14-2/h3-6H,1-2H3/i3D. The van der Waals surface area contributed by atoms with Gasteiger partial charge in [0.15, 0.2) is 0 Å². The zero-order chi connectivity index (χ0) is 11.4. The van der Waals surface area contributed by atoms with Gasteiger partial charge in [0.1, 0.15) is 0 Å². The van der Waals surface area contributed by atoms with Crippen LogP contribution in [0.25, 0.3) is 0 Å². The Morgan fingerprint density at radius 3 is 2.07 bits per heavy atom. The number of benzene rings is 1. The lowest BCUT2D eigenvalue weighted by Gasteiger charge is -2.00. The molecule has 0 radical (unpaired) electrons. The van der Waals surface area contributed by atoms with Gasteiger partial charge in [-0.25, -0.2) is 9.59 Å². The van der Waals surface area contributed by atoms with E-state index in [2.05, 4.69) is 9.47 Å². The first-order valence-electron chi connectivity index (χ1n) is 4.37. The van der Waals surface area contributed by atoms with Gasteiger partial charge in [-0.15, -0.1) is 0 Å². The summed E-state index contributed by atoms with van der Waals surface area (Å²) in [4.78, 5) is 22.2. The van der Waals surface area contributed by atoms with Gasteiger partial charge in [-0.05, 0) is 24.2 Å². The monoisotopic (exact) mass is 195 g/mol. The Bertz CT molecular complexity index is 400. The highest BCUT2D eigenvalue weighted by atomic mass is 16.5. The second-order valence-corrected chi connectivity index (χ2v) is 2.47. The Morgan fingerprint density at radius 2 is 1.57 bits per heavy atom. The number of methoxy groups -OCH3 is 2. The summed E-state index contributed by atoms with van der Waals surface area (Å²) in [5.41, 5.74) is 0.348. The number of rotatable bonds is 2. The van der Waals surface area contributed by atoms with E-state index in [9.17, 15) is 9.59 Å². The Kier molecular flexibility index (Phi) is 2.76. The molecule has 0 saturated heterocycles. The predicted molar refractivity (Wildman–Crippen MR) is 49.1 cm³/mol. The van der Waals surface area contributed by atoms with E-state index in [0.717, 1.165) is 0 Å². The van der Waals surface area contributed by atoms with Gasteiger partial charge in [-0.3, -0.25) is 0 Å². The molecule has 1 aromatic carbocycles. The number of hydrogen-bond donors (Lipinski definition) is 0. The van der Waals surface area contributed by atoms with Crippen molar-refractivity contribution in [2.45, 2.75) is 0 Å². The zero-order valence-electron chi connectivity index (χ0n) is 8.87. The number of ether oxygens (including phenoxy) is 2. The van der Waals surface area contributed by atoms with Crippen molar-refractivity contribution in [3.63, 3.8) is 0 Å². The van der Waals surface area contributed by atoms with Gasteiger partial charge < -0.3 is 9.47 Å². The number of carbonyl (C=O) groups excluding carboxylic acids is 2. The van der Waals surface area contributed by atoms with Gasteiger partial charge in [-0.2, -0.15) is 0 Å². The molecule has 1 rings (SSSR count). The summed E-state index contributed by atoms with van der Waals surface area (Å²) < 4.78 is 16.5. The summed E-state index contributed by atoms with van der Waals surface area (Å²) in [6, 6.07) is 3.97. The second-order valence-electron chi connectivity index (χ2n) is 2.47. The quantitative estimate of drug-likeness (QED) is 0.666. The van der Waals surface area contributed by atoms with Crippen LogP contribution in [0.5, 0.6) is 0 Å². The van der Waals surface area contributed by atoms with Crippen molar-refractivity contribution < 1.29 is 20.4 Å². The minimum absolute atomic E-state index is 0.0650. The van der Waals surface area contributed by atoms with Crippen LogP contribution in [0.1, 0.15) is 22.1 Å². The van der Waals surface area contributed by atoms with Crippen LogP contribution in [0, 0.1) is 0 Å². The van der Waals surface area contributed by atoms with Crippen LogP contribution in [0.15, 0.2) is 24.2 Å². The fourth-order valence-electron chi connectivity index (χ4n) is 0.907. The molecule has 74 valence electrons. The van der Waals surface area contributed by atoms with Gasteiger partial charge in [-0.1, -0.05) is 0 Å². The second kappa shape index (κ2) is 4.41. The van der Waals surface area contributed by atoms with E-state index in [4.69, 9.17) is 1.37 Å². The van der Waals surface area contributed by atoms with Crippen molar-refractivity contribution in [3.05, 3.63) is 35.4 Å². The van der Waals surface area contributed by atoms with Crippen LogP contribution >= 0.6 is 0 Å². The van der Waals surface area contributed by atoms with Crippen molar-refractivity contribution in [2.75, 3.05) is 14.2 Å². The zero-order valence-corrected chi connectivity index (χ0v) is 7.87. The van der Waals surface area contributed by atoms with E-state index in [1.165, 1.54) is 32.4 Å². The molecule has 4 heteroatoms. The highest BCUT2D eigenvalue weighted by molar-refractivity contribution is 5.93. The van der Waals surface area contributed by atoms with Crippen molar-refractivity contribution in [3.8, 4) is 0 Å². The third-order valence-corrected chi connectivity index (χ3v) is 1.64. The Morgan fingerprint density at radius 1 is 1.07 bits per heavy atom. The molecule has 0 N–H and O–H groups in total. The SMILES string of the molecule is [2H]c1cc(C(=O)OC)ccc1C(=O)OC. The molecular weight excluding hydrogens is 184 g/mol. The van der Waals surface area contributed by atoms with E-state index < -0.39 is 11.9 Å². The van der Waals surface area contributed by atoms with Crippen molar-refractivity contribution in [1.82, 2.24) is 0 Å². The Balaban J connectivity index is 3.08.